The fourth-order valence-electron chi connectivity index (χ4n) is 1.67. The molecular formula is C16H26Cl2O4. The van der Waals surface area contributed by atoms with Crippen LogP contribution in [0, 0.1) is 5.92 Å². The molecule has 4 nitrogen and oxygen atoms in total. The lowest BCUT2D eigenvalue weighted by molar-refractivity contribution is -0.142. The van der Waals surface area contributed by atoms with Crippen molar-refractivity contribution in [3.05, 3.63) is 11.6 Å². The van der Waals surface area contributed by atoms with Gasteiger partial charge in [0, 0.05) is 29.3 Å². The molecule has 0 radical (unpaired) electrons. The summed E-state index contributed by atoms with van der Waals surface area (Å²) in [6, 6.07) is 0. The molecule has 0 aromatic heterocycles. The van der Waals surface area contributed by atoms with Crippen LogP contribution in [0.2, 0.25) is 0 Å². The van der Waals surface area contributed by atoms with E-state index in [0.29, 0.717) is 25.5 Å². The van der Waals surface area contributed by atoms with E-state index in [0.717, 1.165) is 25.7 Å². The molecule has 0 spiro atoms. The number of ether oxygens (including phenoxy) is 2. The number of carbonyl (C=O) groups is 2. The minimum atomic E-state index is -0.541. The Kier molecular flexibility index (Phi) is 13.4. The van der Waals surface area contributed by atoms with Gasteiger partial charge < -0.3 is 9.47 Å². The average Bonchev–Trinajstić information content (AvgIpc) is 2.51. The van der Waals surface area contributed by atoms with E-state index in [9.17, 15) is 9.59 Å². The molecule has 128 valence electrons. The van der Waals surface area contributed by atoms with E-state index in [4.69, 9.17) is 32.7 Å². The van der Waals surface area contributed by atoms with Crippen molar-refractivity contribution in [3.63, 3.8) is 0 Å². The molecule has 1 atom stereocenters. The fourth-order valence-corrected chi connectivity index (χ4v) is 2.25. The Balaban J connectivity index is 4.89. The van der Waals surface area contributed by atoms with Crippen LogP contribution in [-0.2, 0) is 19.1 Å². The van der Waals surface area contributed by atoms with Gasteiger partial charge in [0.15, 0.2) is 0 Å². The molecule has 0 saturated carbocycles. The molecule has 6 heteroatoms. The number of alkyl halides is 2. The lowest BCUT2D eigenvalue weighted by Crippen LogP contribution is -2.20. The van der Waals surface area contributed by atoms with Crippen LogP contribution in [0.25, 0.3) is 0 Å². The van der Waals surface area contributed by atoms with E-state index in [1.54, 1.807) is 0 Å². The second-order valence-electron chi connectivity index (χ2n) is 4.94. The molecule has 0 amide bonds. The zero-order valence-corrected chi connectivity index (χ0v) is 14.9. The number of hydrogen-bond donors (Lipinski definition) is 0. The smallest absolute Gasteiger partial charge is 0.334 e. The van der Waals surface area contributed by atoms with Crippen LogP contribution in [0.5, 0.6) is 0 Å². The van der Waals surface area contributed by atoms with Gasteiger partial charge in [-0.25, -0.2) is 9.59 Å². The van der Waals surface area contributed by atoms with E-state index in [1.807, 2.05) is 13.8 Å². The van der Waals surface area contributed by atoms with Crippen LogP contribution in [0.1, 0.15) is 46.0 Å². The highest BCUT2D eigenvalue weighted by molar-refractivity contribution is 6.19. The van der Waals surface area contributed by atoms with E-state index < -0.39 is 11.9 Å². The Morgan fingerprint density at radius 1 is 1.05 bits per heavy atom. The molecule has 22 heavy (non-hydrogen) atoms. The maximum atomic E-state index is 12.2. The van der Waals surface area contributed by atoms with Crippen LogP contribution < -0.4 is 0 Å². The molecule has 0 heterocycles. The number of halogens is 2. The molecule has 0 aliphatic heterocycles. The number of hydrogen-bond acceptors (Lipinski definition) is 4. The number of carbonyl (C=O) groups excluding carboxylic acids is 2. The van der Waals surface area contributed by atoms with Crippen molar-refractivity contribution < 1.29 is 19.1 Å². The molecule has 0 N–H and O–H groups in total. The zero-order chi connectivity index (χ0) is 16.8. The van der Waals surface area contributed by atoms with Crippen molar-refractivity contribution >= 4 is 35.1 Å². The quantitative estimate of drug-likeness (QED) is 0.230. The molecule has 0 saturated heterocycles. The summed E-state index contributed by atoms with van der Waals surface area (Å²) in [5.41, 5.74) is 0.244. The largest absolute Gasteiger partial charge is 0.463 e. The Hall–Kier alpha value is -0.740. The van der Waals surface area contributed by atoms with Crippen molar-refractivity contribution in [2.45, 2.75) is 46.0 Å². The van der Waals surface area contributed by atoms with Crippen molar-refractivity contribution in [1.82, 2.24) is 0 Å². The van der Waals surface area contributed by atoms with Gasteiger partial charge in [-0.3, -0.25) is 0 Å². The normalized spacial score (nSPS) is 12.8. The van der Waals surface area contributed by atoms with Crippen LogP contribution in [0.3, 0.4) is 0 Å². The molecule has 0 aromatic rings. The SMILES string of the molecule is CCCCOC(=O)/C=C(\C(=O)OCCCC)C(CCl)CCCl. The molecule has 0 bridgehead atoms. The second-order valence-corrected chi connectivity index (χ2v) is 5.63. The highest BCUT2D eigenvalue weighted by atomic mass is 35.5. The number of unbranched alkanes of at least 4 members (excludes halogenated alkanes) is 2. The summed E-state index contributed by atoms with van der Waals surface area (Å²) < 4.78 is 10.2. The van der Waals surface area contributed by atoms with Gasteiger partial charge in [-0.1, -0.05) is 26.7 Å². The second kappa shape index (κ2) is 13.9. The molecule has 0 aromatic carbocycles. The minimum Gasteiger partial charge on any atom is -0.463 e. The summed E-state index contributed by atoms with van der Waals surface area (Å²) in [5.74, 6) is -0.824. The molecule has 0 fully saturated rings. The number of rotatable bonds is 12. The predicted octanol–water partition coefficient (Wildman–Crippen LogP) is 4.08. The van der Waals surface area contributed by atoms with Crippen LogP contribution in [0.15, 0.2) is 11.6 Å². The van der Waals surface area contributed by atoms with Crippen LogP contribution >= 0.6 is 23.2 Å². The Morgan fingerprint density at radius 2 is 1.64 bits per heavy atom. The first-order valence-electron chi connectivity index (χ1n) is 7.78. The monoisotopic (exact) mass is 352 g/mol. The summed E-state index contributed by atoms with van der Waals surface area (Å²) in [5, 5.41) is 0. The summed E-state index contributed by atoms with van der Waals surface area (Å²) >= 11 is 11.6. The minimum absolute atomic E-state index is 0.198. The summed E-state index contributed by atoms with van der Waals surface area (Å²) in [4.78, 5) is 24.0. The van der Waals surface area contributed by atoms with Gasteiger partial charge in [-0.15, -0.1) is 23.2 Å². The van der Waals surface area contributed by atoms with Crippen molar-refractivity contribution in [3.8, 4) is 0 Å². The lowest BCUT2D eigenvalue weighted by Gasteiger charge is -2.16. The average molecular weight is 353 g/mol. The molecule has 1 unspecified atom stereocenters. The van der Waals surface area contributed by atoms with E-state index >= 15 is 0 Å². The van der Waals surface area contributed by atoms with Crippen molar-refractivity contribution in [1.29, 1.82) is 0 Å². The highest BCUT2D eigenvalue weighted by Crippen LogP contribution is 2.20. The van der Waals surface area contributed by atoms with Gasteiger partial charge in [0.2, 0.25) is 0 Å². The van der Waals surface area contributed by atoms with Crippen molar-refractivity contribution in [2.24, 2.45) is 5.92 Å². The summed E-state index contributed by atoms with van der Waals surface area (Å²) in [7, 11) is 0. The first kappa shape index (κ1) is 21.3. The van der Waals surface area contributed by atoms with Crippen LogP contribution in [-0.4, -0.2) is 36.9 Å². The maximum absolute atomic E-state index is 12.2. The van der Waals surface area contributed by atoms with Gasteiger partial charge in [-0.2, -0.15) is 0 Å². The fraction of sp³-hybridized carbons (Fsp3) is 0.750. The van der Waals surface area contributed by atoms with Crippen molar-refractivity contribution in [2.75, 3.05) is 25.0 Å². The highest BCUT2D eigenvalue weighted by Gasteiger charge is 2.23. The van der Waals surface area contributed by atoms with Gasteiger partial charge in [0.1, 0.15) is 0 Å². The van der Waals surface area contributed by atoms with Gasteiger partial charge in [0.05, 0.1) is 13.2 Å². The zero-order valence-electron chi connectivity index (χ0n) is 13.4. The topological polar surface area (TPSA) is 52.6 Å². The molecular weight excluding hydrogens is 327 g/mol. The van der Waals surface area contributed by atoms with Crippen LogP contribution in [0.4, 0.5) is 0 Å². The first-order chi connectivity index (χ1) is 10.6. The Morgan fingerprint density at radius 3 is 2.14 bits per heavy atom. The Labute approximate surface area is 143 Å². The molecule has 0 aliphatic carbocycles. The predicted molar refractivity (Wildman–Crippen MR) is 89.4 cm³/mol. The third-order valence-corrected chi connectivity index (χ3v) is 3.66. The van der Waals surface area contributed by atoms with Gasteiger partial charge in [-0.05, 0) is 19.3 Å². The summed E-state index contributed by atoms with van der Waals surface area (Å²) in [6.45, 7) is 4.67. The van der Waals surface area contributed by atoms with E-state index in [-0.39, 0.29) is 17.4 Å². The van der Waals surface area contributed by atoms with E-state index in [1.165, 1.54) is 6.08 Å². The molecule has 0 aliphatic rings. The van der Waals surface area contributed by atoms with E-state index in [2.05, 4.69) is 0 Å². The van der Waals surface area contributed by atoms with Gasteiger partial charge >= 0.3 is 11.9 Å². The maximum Gasteiger partial charge on any atom is 0.334 e. The number of esters is 2. The van der Waals surface area contributed by atoms with Gasteiger partial charge in [0.25, 0.3) is 0 Å². The lowest BCUT2D eigenvalue weighted by atomic mass is 9.98. The standard InChI is InChI=1S/C16H26Cl2O4/c1-3-5-9-21-15(19)11-14(13(12-18)7-8-17)16(20)22-10-6-4-2/h11,13H,3-10,12H2,1-2H3/b14-11-. The first-order valence-corrected chi connectivity index (χ1v) is 8.84. The molecule has 0 rings (SSSR count). The summed E-state index contributed by atoms with van der Waals surface area (Å²) in [6.07, 6.45) is 5.12. The third kappa shape index (κ3) is 9.31. The Bertz CT molecular complexity index is 356. The third-order valence-electron chi connectivity index (χ3n) is 3.07.